The predicted molar refractivity (Wildman–Crippen MR) is 97.6 cm³/mol. The Kier molecular flexibility index (Phi) is 8.41. The van der Waals surface area contributed by atoms with E-state index in [1.807, 2.05) is 19.9 Å². The SMILES string of the molecule is C=S(C)(=O)N1CCCCN1C(=O)OCCCCC(/C=C\C)=C/C. The number of carbonyl (C=O) groups excluding carboxylic acids is 1. The summed E-state index contributed by atoms with van der Waals surface area (Å²) in [5.41, 5.74) is 1.30. The molecule has 0 N–H and O–H groups in total. The van der Waals surface area contributed by atoms with Crippen molar-refractivity contribution >= 4 is 21.7 Å². The standard InChI is InChI=1S/C17H30N2O3S/c1-5-11-16(6-2)12-7-10-15-22-17(20)18-13-8-9-14-19(18)23(3,4)21/h5-6,11H,3,7-10,12-15H2,1-2,4H3/b11-5-,16-6+. The van der Waals surface area contributed by atoms with Crippen LogP contribution in [0.2, 0.25) is 0 Å². The normalized spacial score (nSPS) is 19.8. The summed E-state index contributed by atoms with van der Waals surface area (Å²) in [5, 5.41) is 1.45. The van der Waals surface area contributed by atoms with E-state index in [2.05, 4.69) is 18.0 Å². The third kappa shape index (κ3) is 6.79. The van der Waals surface area contributed by atoms with E-state index in [9.17, 15) is 9.00 Å². The average molecular weight is 343 g/mol. The molecule has 1 saturated heterocycles. The number of unbranched alkanes of at least 4 members (excludes halogenated alkanes) is 1. The minimum absolute atomic E-state index is 0.387. The number of hydrogen-bond donors (Lipinski definition) is 0. The molecule has 6 heteroatoms. The van der Waals surface area contributed by atoms with Crippen LogP contribution >= 0.6 is 0 Å². The maximum Gasteiger partial charge on any atom is 0.425 e. The van der Waals surface area contributed by atoms with E-state index < -0.39 is 15.8 Å². The summed E-state index contributed by atoms with van der Waals surface area (Å²) in [5.74, 6) is 3.67. The molecule has 0 spiro atoms. The fourth-order valence-electron chi connectivity index (χ4n) is 2.53. The van der Waals surface area contributed by atoms with Crippen LogP contribution in [0.3, 0.4) is 0 Å². The summed E-state index contributed by atoms with van der Waals surface area (Å²) in [4.78, 5) is 12.2. The van der Waals surface area contributed by atoms with E-state index in [-0.39, 0.29) is 0 Å². The van der Waals surface area contributed by atoms with Gasteiger partial charge in [-0.2, -0.15) is 0 Å². The summed E-state index contributed by atoms with van der Waals surface area (Å²) in [6.07, 6.45) is 12.0. The molecule has 1 rings (SSSR count). The Morgan fingerprint density at radius 2 is 1.96 bits per heavy atom. The second-order valence-electron chi connectivity index (χ2n) is 5.80. The third-order valence-corrected chi connectivity index (χ3v) is 5.00. The monoisotopic (exact) mass is 342 g/mol. The molecule has 0 saturated carbocycles. The van der Waals surface area contributed by atoms with E-state index in [1.54, 1.807) is 10.7 Å². The summed E-state index contributed by atoms with van der Waals surface area (Å²) in [6.45, 7) is 5.55. The van der Waals surface area contributed by atoms with Gasteiger partial charge in [0.1, 0.15) is 0 Å². The van der Waals surface area contributed by atoms with Gasteiger partial charge in [0.2, 0.25) is 0 Å². The number of ether oxygens (including phenoxy) is 1. The molecule has 5 nitrogen and oxygen atoms in total. The Hall–Kier alpha value is -1.27. The zero-order valence-corrected chi connectivity index (χ0v) is 15.4. The van der Waals surface area contributed by atoms with Crippen molar-refractivity contribution in [2.75, 3.05) is 26.0 Å². The molecule has 0 bridgehead atoms. The largest absolute Gasteiger partial charge is 0.448 e. The lowest BCUT2D eigenvalue weighted by molar-refractivity contribution is 0.0173. The molecule has 0 aromatic heterocycles. The Labute approximate surface area is 141 Å². The number of hydrogen-bond acceptors (Lipinski definition) is 3. The van der Waals surface area contributed by atoms with Gasteiger partial charge in [-0.3, -0.25) is 4.21 Å². The van der Waals surface area contributed by atoms with Crippen LogP contribution in [0.5, 0.6) is 0 Å². The van der Waals surface area contributed by atoms with Crippen molar-refractivity contribution < 1.29 is 13.7 Å². The predicted octanol–water partition coefficient (Wildman–Crippen LogP) is 3.39. The Morgan fingerprint density at radius 1 is 1.26 bits per heavy atom. The van der Waals surface area contributed by atoms with Crippen molar-refractivity contribution in [3.8, 4) is 0 Å². The minimum atomic E-state index is -2.43. The van der Waals surface area contributed by atoms with E-state index in [0.717, 1.165) is 32.1 Å². The van der Waals surface area contributed by atoms with Crippen molar-refractivity contribution in [3.63, 3.8) is 0 Å². The first-order valence-corrected chi connectivity index (χ1v) is 10.3. The van der Waals surface area contributed by atoms with Gasteiger partial charge in [0.25, 0.3) is 0 Å². The van der Waals surface area contributed by atoms with E-state index in [0.29, 0.717) is 19.7 Å². The number of hydrazine groups is 1. The van der Waals surface area contributed by atoms with Crippen LogP contribution in [-0.4, -0.2) is 51.5 Å². The lowest BCUT2D eigenvalue weighted by Gasteiger charge is -2.37. The first-order valence-electron chi connectivity index (χ1n) is 8.22. The van der Waals surface area contributed by atoms with Gasteiger partial charge < -0.3 is 4.74 Å². The van der Waals surface area contributed by atoms with Gasteiger partial charge in [-0.05, 0) is 51.8 Å². The number of allylic oxidation sites excluding steroid dienone is 4. The second-order valence-corrected chi connectivity index (χ2v) is 8.14. The lowest BCUT2D eigenvalue weighted by Crippen LogP contribution is -2.52. The van der Waals surface area contributed by atoms with Crippen molar-refractivity contribution in [1.29, 1.82) is 0 Å². The topological polar surface area (TPSA) is 49.9 Å². The quantitative estimate of drug-likeness (QED) is 0.405. The fourth-order valence-corrected chi connectivity index (χ4v) is 3.61. The van der Waals surface area contributed by atoms with E-state index >= 15 is 0 Å². The van der Waals surface area contributed by atoms with Crippen LogP contribution in [-0.2, 0) is 14.4 Å². The lowest BCUT2D eigenvalue weighted by atomic mass is 10.1. The van der Waals surface area contributed by atoms with Gasteiger partial charge in [0, 0.05) is 29.1 Å². The van der Waals surface area contributed by atoms with Gasteiger partial charge >= 0.3 is 6.09 Å². The summed E-state index contributed by atoms with van der Waals surface area (Å²) in [7, 11) is -2.43. The van der Waals surface area contributed by atoms with Gasteiger partial charge in [-0.15, -0.1) is 4.41 Å². The van der Waals surface area contributed by atoms with Crippen LogP contribution in [0.4, 0.5) is 4.79 Å². The molecule has 1 unspecified atom stereocenters. The maximum atomic E-state index is 12.2. The highest BCUT2D eigenvalue weighted by Gasteiger charge is 2.29. The molecule has 1 heterocycles. The van der Waals surface area contributed by atoms with Crippen LogP contribution in [0.15, 0.2) is 23.8 Å². The molecule has 23 heavy (non-hydrogen) atoms. The Morgan fingerprint density at radius 3 is 2.57 bits per heavy atom. The maximum absolute atomic E-state index is 12.2. The molecule has 0 aromatic rings. The highest BCUT2D eigenvalue weighted by Crippen LogP contribution is 2.16. The number of nitrogens with zero attached hydrogens (tertiary/aromatic N) is 2. The van der Waals surface area contributed by atoms with Crippen LogP contribution in [0.25, 0.3) is 0 Å². The Bertz CT molecular complexity index is 538. The molecule has 1 fully saturated rings. The van der Waals surface area contributed by atoms with Crippen molar-refractivity contribution in [1.82, 2.24) is 9.42 Å². The first kappa shape index (κ1) is 19.8. The van der Waals surface area contributed by atoms with Gasteiger partial charge in [-0.25, -0.2) is 9.80 Å². The molecular formula is C17H30N2O3S. The van der Waals surface area contributed by atoms with Gasteiger partial charge in [0.15, 0.2) is 0 Å². The van der Waals surface area contributed by atoms with Crippen molar-refractivity contribution in [2.24, 2.45) is 0 Å². The fraction of sp³-hybridized carbons (Fsp3) is 0.647. The highest BCUT2D eigenvalue weighted by atomic mass is 32.2. The Balaban J connectivity index is 2.38. The first-order chi connectivity index (χ1) is 10.9. The van der Waals surface area contributed by atoms with Crippen molar-refractivity contribution in [3.05, 3.63) is 23.8 Å². The molecule has 1 aliphatic rings. The van der Waals surface area contributed by atoms with Gasteiger partial charge in [0.05, 0.1) is 6.61 Å². The average Bonchev–Trinajstić information content (AvgIpc) is 2.52. The van der Waals surface area contributed by atoms with Crippen LogP contribution in [0.1, 0.15) is 46.0 Å². The smallest absolute Gasteiger partial charge is 0.425 e. The van der Waals surface area contributed by atoms with E-state index in [1.165, 1.54) is 10.6 Å². The molecule has 0 aromatic carbocycles. The summed E-state index contributed by atoms with van der Waals surface area (Å²) >= 11 is 0. The van der Waals surface area contributed by atoms with Gasteiger partial charge in [-0.1, -0.05) is 23.8 Å². The number of amides is 1. The summed E-state index contributed by atoms with van der Waals surface area (Å²) < 4.78 is 19.1. The molecule has 1 amide bonds. The summed E-state index contributed by atoms with van der Waals surface area (Å²) in [6, 6.07) is 0. The molecule has 0 aliphatic carbocycles. The van der Waals surface area contributed by atoms with Crippen LogP contribution in [0, 0.1) is 0 Å². The minimum Gasteiger partial charge on any atom is -0.448 e. The highest BCUT2D eigenvalue weighted by molar-refractivity contribution is 7.97. The molecule has 0 radical (unpaired) electrons. The molecular weight excluding hydrogens is 312 g/mol. The second kappa shape index (κ2) is 9.78. The molecule has 1 atom stereocenters. The number of rotatable bonds is 7. The zero-order valence-electron chi connectivity index (χ0n) is 14.6. The zero-order chi connectivity index (χ0) is 17.3. The molecule has 132 valence electrons. The number of carbonyl (C=O) groups is 1. The van der Waals surface area contributed by atoms with Crippen molar-refractivity contribution in [2.45, 2.75) is 46.0 Å². The third-order valence-electron chi connectivity index (χ3n) is 3.73. The molecule has 1 aliphatic heterocycles. The van der Waals surface area contributed by atoms with E-state index in [4.69, 9.17) is 4.74 Å². The van der Waals surface area contributed by atoms with Crippen LogP contribution < -0.4 is 0 Å².